The highest BCUT2D eigenvalue weighted by Gasteiger charge is 2.21. The Kier molecular flexibility index (Phi) is 6.37. The van der Waals surface area contributed by atoms with Crippen LogP contribution in [0.2, 0.25) is 0 Å². The highest BCUT2D eigenvalue weighted by Crippen LogP contribution is 2.22. The number of carbonyl (C=O) groups excluding carboxylic acids is 1. The van der Waals surface area contributed by atoms with Gasteiger partial charge >= 0.3 is 5.97 Å². The van der Waals surface area contributed by atoms with E-state index >= 15 is 0 Å². The zero-order valence-corrected chi connectivity index (χ0v) is 13.0. The summed E-state index contributed by atoms with van der Waals surface area (Å²) in [5.41, 5.74) is 1.14. The van der Waals surface area contributed by atoms with Crippen LogP contribution >= 0.6 is 23.1 Å². The number of aliphatic carboxylic acids is 1. The lowest BCUT2D eigenvalue weighted by Crippen LogP contribution is -2.40. The van der Waals surface area contributed by atoms with Gasteiger partial charge in [0.1, 0.15) is 6.04 Å². The first-order valence-electron chi connectivity index (χ1n) is 6.11. The van der Waals surface area contributed by atoms with Gasteiger partial charge < -0.3 is 10.4 Å². The minimum Gasteiger partial charge on any atom is -0.480 e. The van der Waals surface area contributed by atoms with Crippen molar-refractivity contribution in [1.29, 1.82) is 0 Å². The van der Waals surface area contributed by atoms with Gasteiger partial charge in [-0.2, -0.15) is 11.8 Å². The summed E-state index contributed by atoms with van der Waals surface area (Å²) in [4.78, 5) is 24.8. The Morgan fingerprint density at radius 2 is 2.21 bits per heavy atom. The van der Waals surface area contributed by atoms with E-state index in [0.29, 0.717) is 17.1 Å². The molecule has 0 fully saturated rings. The number of nitrogens with one attached hydrogen (secondary N) is 1. The summed E-state index contributed by atoms with van der Waals surface area (Å²) in [6.07, 6.45) is 3.23. The summed E-state index contributed by atoms with van der Waals surface area (Å²) in [5.74, 6) is -0.561. The van der Waals surface area contributed by atoms with E-state index in [0.717, 1.165) is 16.9 Å². The molecule has 1 aromatic rings. The number of amides is 1. The quantitative estimate of drug-likeness (QED) is 0.812. The second-order valence-corrected chi connectivity index (χ2v) is 6.43. The molecule has 1 heterocycles. The summed E-state index contributed by atoms with van der Waals surface area (Å²) in [5, 5.41) is 11.7. The van der Waals surface area contributed by atoms with Gasteiger partial charge in [0.05, 0.1) is 4.88 Å². The molecule has 0 aliphatic heterocycles. The van der Waals surface area contributed by atoms with E-state index in [-0.39, 0.29) is 5.91 Å². The van der Waals surface area contributed by atoms with Gasteiger partial charge in [0.2, 0.25) is 0 Å². The van der Waals surface area contributed by atoms with Crippen LogP contribution in [0.1, 0.15) is 33.5 Å². The van der Waals surface area contributed by atoms with E-state index in [1.165, 1.54) is 11.3 Å². The van der Waals surface area contributed by atoms with Gasteiger partial charge in [0.25, 0.3) is 5.91 Å². The maximum Gasteiger partial charge on any atom is 0.326 e. The molecule has 19 heavy (non-hydrogen) atoms. The minimum atomic E-state index is -0.980. The molecule has 106 valence electrons. The molecule has 0 saturated carbocycles. The van der Waals surface area contributed by atoms with E-state index < -0.39 is 12.0 Å². The number of carboxylic acids is 1. The van der Waals surface area contributed by atoms with Gasteiger partial charge in [0.15, 0.2) is 0 Å². The summed E-state index contributed by atoms with van der Waals surface area (Å²) < 4.78 is 0. The molecule has 1 aromatic heterocycles. The Morgan fingerprint density at radius 1 is 1.53 bits per heavy atom. The molecule has 0 aromatic carbocycles. The van der Waals surface area contributed by atoms with Gasteiger partial charge in [-0.3, -0.25) is 4.79 Å². The van der Waals surface area contributed by atoms with Crippen molar-refractivity contribution in [3.63, 3.8) is 0 Å². The number of carboxylic acid groups (broad SMARTS) is 1. The van der Waals surface area contributed by atoms with E-state index in [1.807, 2.05) is 26.2 Å². The zero-order chi connectivity index (χ0) is 14.4. The van der Waals surface area contributed by atoms with Crippen LogP contribution in [-0.2, 0) is 11.2 Å². The molecule has 4 nitrogen and oxygen atoms in total. The molecule has 0 bridgehead atoms. The molecule has 1 amide bonds. The van der Waals surface area contributed by atoms with Gasteiger partial charge in [-0.05, 0) is 43.4 Å². The summed E-state index contributed by atoms with van der Waals surface area (Å²) in [7, 11) is 0. The van der Waals surface area contributed by atoms with E-state index in [2.05, 4.69) is 5.32 Å². The third-order valence-electron chi connectivity index (χ3n) is 2.84. The average molecular weight is 301 g/mol. The first-order chi connectivity index (χ1) is 8.99. The first-order valence-corrected chi connectivity index (χ1v) is 8.32. The second kappa shape index (κ2) is 7.55. The zero-order valence-electron chi connectivity index (χ0n) is 11.4. The Labute approximate surface area is 121 Å². The molecular weight excluding hydrogens is 282 g/mol. The van der Waals surface area contributed by atoms with Gasteiger partial charge in [0, 0.05) is 4.88 Å². The predicted octanol–water partition coefficient (Wildman–Crippen LogP) is 2.56. The molecule has 0 spiro atoms. The van der Waals surface area contributed by atoms with Crippen LogP contribution in [0.4, 0.5) is 0 Å². The molecule has 0 aliphatic rings. The van der Waals surface area contributed by atoms with Gasteiger partial charge in [-0.15, -0.1) is 11.3 Å². The third kappa shape index (κ3) is 4.54. The van der Waals surface area contributed by atoms with Crippen LogP contribution in [0, 0.1) is 6.92 Å². The molecule has 1 atom stereocenters. The Hall–Kier alpha value is -1.01. The van der Waals surface area contributed by atoms with Gasteiger partial charge in [-0.25, -0.2) is 4.79 Å². The van der Waals surface area contributed by atoms with Crippen LogP contribution in [0.3, 0.4) is 0 Å². The molecule has 1 rings (SSSR count). The summed E-state index contributed by atoms with van der Waals surface area (Å²) >= 11 is 2.98. The van der Waals surface area contributed by atoms with Crippen molar-refractivity contribution in [2.24, 2.45) is 0 Å². The maximum atomic E-state index is 12.0. The van der Waals surface area contributed by atoms with Crippen molar-refractivity contribution in [3.05, 3.63) is 21.4 Å². The Balaban J connectivity index is 2.72. The smallest absolute Gasteiger partial charge is 0.326 e. The normalized spacial score (nSPS) is 12.2. The second-order valence-electron chi connectivity index (χ2n) is 4.19. The van der Waals surface area contributed by atoms with Gasteiger partial charge in [-0.1, -0.05) is 6.92 Å². The third-order valence-corrected chi connectivity index (χ3v) is 4.57. The number of carbonyl (C=O) groups is 2. The minimum absolute atomic E-state index is 0.290. The molecule has 0 saturated heterocycles. The number of hydrogen-bond donors (Lipinski definition) is 2. The Bertz CT molecular complexity index is 457. The molecule has 0 radical (unpaired) electrons. The van der Waals surface area contributed by atoms with Crippen LogP contribution in [0.5, 0.6) is 0 Å². The standard InChI is InChI=1S/C13H19NO3S2/c1-4-9-7-11(19-8(9)2)12(15)14-10(13(16)17)5-6-18-3/h7,10H,4-6H2,1-3H3,(H,14,15)(H,16,17). The SMILES string of the molecule is CCc1cc(C(=O)NC(CCSC)C(=O)O)sc1C. The van der Waals surface area contributed by atoms with Crippen molar-refractivity contribution < 1.29 is 14.7 Å². The van der Waals surface area contributed by atoms with Crippen LogP contribution in [-0.4, -0.2) is 35.0 Å². The van der Waals surface area contributed by atoms with Crippen LogP contribution in [0.25, 0.3) is 0 Å². The highest BCUT2D eigenvalue weighted by molar-refractivity contribution is 7.98. The number of thioether (sulfide) groups is 1. The lowest BCUT2D eigenvalue weighted by molar-refractivity contribution is -0.139. The number of rotatable bonds is 7. The first kappa shape index (κ1) is 16.0. The van der Waals surface area contributed by atoms with Crippen LogP contribution in [0.15, 0.2) is 6.07 Å². The maximum absolute atomic E-state index is 12.0. The largest absolute Gasteiger partial charge is 0.480 e. The lowest BCUT2D eigenvalue weighted by Gasteiger charge is -2.12. The monoisotopic (exact) mass is 301 g/mol. The van der Waals surface area contributed by atoms with E-state index in [1.54, 1.807) is 11.8 Å². The predicted molar refractivity (Wildman–Crippen MR) is 80.3 cm³/mol. The summed E-state index contributed by atoms with van der Waals surface area (Å²) in [6, 6.07) is 1.04. The number of aryl methyl sites for hydroxylation is 2. The molecule has 6 heteroatoms. The molecule has 2 N–H and O–H groups in total. The van der Waals surface area contributed by atoms with Crippen LogP contribution < -0.4 is 5.32 Å². The summed E-state index contributed by atoms with van der Waals surface area (Å²) in [6.45, 7) is 4.01. The topological polar surface area (TPSA) is 66.4 Å². The van der Waals surface area contributed by atoms with Crippen molar-refractivity contribution in [2.45, 2.75) is 32.7 Å². The number of thiophene rings is 1. The number of hydrogen-bond acceptors (Lipinski definition) is 4. The molecule has 1 unspecified atom stereocenters. The molecule has 0 aliphatic carbocycles. The van der Waals surface area contributed by atoms with E-state index in [4.69, 9.17) is 5.11 Å². The fraction of sp³-hybridized carbons (Fsp3) is 0.538. The Morgan fingerprint density at radius 3 is 2.68 bits per heavy atom. The molecular formula is C13H19NO3S2. The van der Waals surface area contributed by atoms with Crippen molar-refractivity contribution >= 4 is 35.0 Å². The van der Waals surface area contributed by atoms with Crippen molar-refractivity contribution in [1.82, 2.24) is 5.32 Å². The highest BCUT2D eigenvalue weighted by atomic mass is 32.2. The van der Waals surface area contributed by atoms with Crippen molar-refractivity contribution in [2.75, 3.05) is 12.0 Å². The fourth-order valence-corrected chi connectivity index (χ4v) is 3.19. The fourth-order valence-electron chi connectivity index (χ4n) is 1.71. The lowest BCUT2D eigenvalue weighted by atomic mass is 10.2. The van der Waals surface area contributed by atoms with E-state index in [9.17, 15) is 9.59 Å². The average Bonchev–Trinajstić information content (AvgIpc) is 2.75. The van der Waals surface area contributed by atoms with Crippen molar-refractivity contribution in [3.8, 4) is 0 Å².